The predicted octanol–water partition coefficient (Wildman–Crippen LogP) is 2.90. The third kappa shape index (κ3) is 4.69. The number of carbonyl (C=O) groups is 2. The zero-order valence-electron chi connectivity index (χ0n) is 18.1. The van der Waals surface area contributed by atoms with Crippen LogP contribution >= 0.6 is 0 Å². The van der Waals surface area contributed by atoms with Crippen molar-refractivity contribution in [2.75, 3.05) is 25.0 Å². The first-order chi connectivity index (χ1) is 15.4. The Bertz CT molecular complexity index is 1090. The first-order valence-corrected chi connectivity index (χ1v) is 10.3. The van der Waals surface area contributed by atoms with E-state index < -0.39 is 0 Å². The van der Waals surface area contributed by atoms with Gasteiger partial charge in [-0.2, -0.15) is 5.10 Å². The Balaban J connectivity index is 1.56. The molecule has 0 bridgehead atoms. The van der Waals surface area contributed by atoms with E-state index in [0.717, 1.165) is 19.5 Å². The number of nitrogens with one attached hydrogen (secondary N) is 1. The second-order valence-corrected chi connectivity index (χ2v) is 7.65. The van der Waals surface area contributed by atoms with E-state index in [2.05, 4.69) is 20.2 Å². The van der Waals surface area contributed by atoms with Crippen LogP contribution in [0.3, 0.4) is 0 Å². The summed E-state index contributed by atoms with van der Waals surface area (Å²) in [4.78, 5) is 36.8. The number of hydrogen-bond acceptors (Lipinski definition) is 7. The number of rotatable bonds is 7. The van der Waals surface area contributed by atoms with Crippen LogP contribution in [-0.2, 0) is 0 Å². The minimum Gasteiger partial charge on any atom is -0.491 e. The lowest BCUT2D eigenvalue weighted by Gasteiger charge is -2.30. The zero-order chi connectivity index (χ0) is 22.7. The van der Waals surface area contributed by atoms with E-state index in [4.69, 9.17) is 9.47 Å². The number of aromatic nitrogens is 4. The Kier molecular flexibility index (Phi) is 6.02. The van der Waals surface area contributed by atoms with E-state index >= 15 is 0 Å². The van der Waals surface area contributed by atoms with Crippen molar-refractivity contribution in [1.82, 2.24) is 25.1 Å². The molecule has 1 aromatic carbocycles. The summed E-state index contributed by atoms with van der Waals surface area (Å²) >= 11 is 0. The second-order valence-electron chi connectivity index (χ2n) is 7.65. The minimum absolute atomic E-state index is 0.0925. The Labute approximate surface area is 185 Å². The predicted molar refractivity (Wildman–Crippen MR) is 116 cm³/mol. The number of benzene rings is 1. The number of nitrogens with zero attached hydrogens (tertiary/aromatic N) is 5. The number of ether oxygens (including phenoxy) is 2. The molecule has 3 aromatic rings. The Morgan fingerprint density at radius 1 is 1.12 bits per heavy atom. The van der Waals surface area contributed by atoms with Crippen LogP contribution in [-0.4, -0.2) is 63.1 Å². The molecule has 0 saturated carbocycles. The molecule has 1 aliphatic heterocycles. The van der Waals surface area contributed by atoms with Crippen LogP contribution in [0.2, 0.25) is 0 Å². The Hall–Kier alpha value is -3.95. The lowest BCUT2D eigenvalue weighted by molar-refractivity contribution is 0.0645. The monoisotopic (exact) mass is 436 g/mol. The summed E-state index contributed by atoms with van der Waals surface area (Å²) in [6.45, 7) is 5.27. The number of carbonyl (C=O) groups excluding carboxylic acids is 2. The van der Waals surface area contributed by atoms with Gasteiger partial charge in [-0.15, -0.1) is 0 Å². The molecule has 0 spiro atoms. The van der Waals surface area contributed by atoms with Crippen LogP contribution in [0.1, 0.15) is 41.1 Å². The van der Waals surface area contributed by atoms with Crippen LogP contribution < -0.4 is 14.4 Å². The van der Waals surface area contributed by atoms with Gasteiger partial charge in [0.25, 0.3) is 11.8 Å². The van der Waals surface area contributed by atoms with Gasteiger partial charge < -0.3 is 14.4 Å². The lowest BCUT2D eigenvalue weighted by Crippen LogP contribution is -2.42. The molecule has 4 rings (SSSR count). The van der Waals surface area contributed by atoms with Crippen molar-refractivity contribution in [3.63, 3.8) is 0 Å². The van der Waals surface area contributed by atoms with E-state index in [9.17, 15) is 9.59 Å². The molecule has 2 amide bonds. The summed E-state index contributed by atoms with van der Waals surface area (Å²) in [6, 6.07) is 6.63. The van der Waals surface area contributed by atoms with Gasteiger partial charge in [0, 0.05) is 37.8 Å². The molecular formula is C22H24N6O4. The van der Waals surface area contributed by atoms with Crippen molar-refractivity contribution >= 4 is 17.6 Å². The van der Waals surface area contributed by atoms with E-state index in [1.807, 2.05) is 13.8 Å². The fourth-order valence-electron chi connectivity index (χ4n) is 3.11. The van der Waals surface area contributed by atoms with Gasteiger partial charge in [-0.05, 0) is 32.4 Å². The summed E-state index contributed by atoms with van der Waals surface area (Å²) in [5.74, 6) is 1.19. The van der Waals surface area contributed by atoms with Gasteiger partial charge in [0.05, 0.1) is 24.7 Å². The molecule has 3 heterocycles. The molecule has 1 aliphatic rings. The summed E-state index contributed by atoms with van der Waals surface area (Å²) in [5.41, 5.74) is 0.638. The SMILES string of the molecule is CC(C)Oc1cc(Oc2cnc(C(=O)N3CCC3)cn2)cc(C(=O)N(C)c2ccn[nH]2)c1. The normalized spacial score (nSPS) is 12.9. The fraction of sp³-hybridized carbons (Fsp3) is 0.318. The van der Waals surface area contributed by atoms with Crippen LogP contribution in [0.15, 0.2) is 42.9 Å². The molecule has 0 aliphatic carbocycles. The zero-order valence-corrected chi connectivity index (χ0v) is 18.1. The molecule has 1 fully saturated rings. The molecular weight excluding hydrogens is 412 g/mol. The van der Waals surface area contributed by atoms with Crippen LogP contribution in [0, 0.1) is 0 Å². The molecule has 10 nitrogen and oxygen atoms in total. The van der Waals surface area contributed by atoms with Crippen molar-refractivity contribution in [2.45, 2.75) is 26.4 Å². The molecule has 0 unspecified atom stereocenters. The summed E-state index contributed by atoms with van der Waals surface area (Å²) < 4.78 is 11.6. The standard InChI is InChI=1S/C22H24N6O4/c1-14(2)31-16-9-15(21(29)27(3)19-5-6-25-26-19)10-17(11-16)32-20-13-23-18(12-24-20)22(30)28-7-4-8-28/h5-6,9-14H,4,7-8H2,1-3H3,(H,25,26). The molecule has 10 heteroatoms. The molecule has 0 radical (unpaired) electrons. The quantitative estimate of drug-likeness (QED) is 0.606. The Morgan fingerprint density at radius 3 is 2.50 bits per heavy atom. The van der Waals surface area contributed by atoms with E-state index in [1.165, 1.54) is 17.3 Å². The number of amides is 2. The van der Waals surface area contributed by atoms with Crippen molar-refractivity contribution in [3.05, 3.63) is 54.1 Å². The largest absolute Gasteiger partial charge is 0.491 e. The first kappa shape index (κ1) is 21.3. The smallest absolute Gasteiger partial charge is 0.274 e. The first-order valence-electron chi connectivity index (χ1n) is 10.3. The maximum Gasteiger partial charge on any atom is 0.274 e. The number of aromatic amines is 1. The van der Waals surface area contributed by atoms with Crippen LogP contribution in [0.5, 0.6) is 17.4 Å². The summed E-state index contributed by atoms with van der Waals surface area (Å²) in [7, 11) is 1.64. The van der Waals surface area contributed by atoms with Gasteiger partial charge in [0.2, 0.25) is 5.88 Å². The maximum atomic E-state index is 13.0. The third-order valence-corrected chi connectivity index (χ3v) is 4.86. The van der Waals surface area contributed by atoms with E-state index in [0.29, 0.717) is 22.9 Å². The van der Waals surface area contributed by atoms with Gasteiger partial charge >= 0.3 is 0 Å². The molecule has 166 valence electrons. The average Bonchev–Trinajstić information content (AvgIpc) is 3.26. The third-order valence-electron chi connectivity index (χ3n) is 4.86. The van der Waals surface area contributed by atoms with Gasteiger partial charge in [0.15, 0.2) is 0 Å². The highest BCUT2D eigenvalue weighted by molar-refractivity contribution is 6.05. The fourth-order valence-corrected chi connectivity index (χ4v) is 3.11. The van der Waals surface area contributed by atoms with Crippen molar-refractivity contribution < 1.29 is 19.1 Å². The van der Waals surface area contributed by atoms with Crippen LogP contribution in [0.25, 0.3) is 0 Å². The van der Waals surface area contributed by atoms with Gasteiger partial charge in [-0.3, -0.25) is 19.6 Å². The number of likely N-dealkylation sites (tertiary alicyclic amines) is 1. The van der Waals surface area contributed by atoms with Gasteiger partial charge in [-0.1, -0.05) is 0 Å². The summed E-state index contributed by atoms with van der Waals surface area (Å²) in [6.07, 6.45) is 5.27. The minimum atomic E-state index is -0.269. The highest BCUT2D eigenvalue weighted by Gasteiger charge is 2.23. The Morgan fingerprint density at radius 2 is 1.91 bits per heavy atom. The topological polar surface area (TPSA) is 114 Å². The van der Waals surface area contributed by atoms with E-state index in [1.54, 1.807) is 42.4 Å². The molecule has 1 saturated heterocycles. The number of hydrogen-bond donors (Lipinski definition) is 1. The second kappa shape index (κ2) is 9.04. The van der Waals surface area contributed by atoms with Crippen molar-refractivity contribution in [2.24, 2.45) is 0 Å². The van der Waals surface area contributed by atoms with E-state index in [-0.39, 0.29) is 29.5 Å². The number of H-pyrrole nitrogens is 1. The van der Waals surface area contributed by atoms with Gasteiger partial charge in [0.1, 0.15) is 23.0 Å². The van der Waals surface area contributed by atoms with Crippen molar-refractivity contribution in [3.8, 4) is 17.4 Å². The molecule has 0 atom stereocenters. The highest BCUT2D eigenvalue weighted by atomic mass is 16.5. The van der Waals surface area contributed by atoms with Gasteiger partial charge in [-0.25, -0.2) is 9.97 Å². The van der Waals surface area contributed by atoms with Crippen molar-refractivity contribution in [1.29, 1.82) is 0 Å². The molecule has 32 heavy (non-hydrogen) atoms. The lowest BCUT2D eigenvalue weighted by atomic mass is 10.1. The summed E-state index contributed by atoms with van der Waals surface area (Å²) in [5, 5.41) is 6.64. The highest BCUT2D eigenvalue weighted by Crippen LogP contribution is 2.28. The molecule has 2 aromatic heterocycles. The number of anilines is 1. The average molecular weight is 436 g/mol. The maximum absolute atomic E-state index is 13.0. The van der Waals surface area contributed by atoms with Crippen LogP contribution in [0.4, 0.5) is 5.82 Å². The molecule has 1 N–H and O–H groups in total.